The quantitative estimate of drug-likeness (QED) is 0.415. The van der Waals surface area contributed by atoms with Gasteiger partial charge in [-0.3, -0.25) is 14.5 Å². The van der Waals surface area contributed by atoms with Gasteiger partial charge in [0.05, 0.1) is 24.0 Å². The molecule has 7 nitrogen and oxygen atoms in total. The van der Waals surface area contributed by atoms with Crippen molar-refractivity contribution in [3.8, 4) is 11.1 Å². The fourth-order valence-corrected chi connectivity index (χ4v) is 3.84. The number of rotatable bonds is 7. The van der Waals surface area contributed by atoms with Gasteiger partial charge in [-0.2, -0.15) is 5.10 Å². The Morgan fingerprint density at radius 3 is 2.29 bits per heavy atom. The van der Waals surface area contributed by atoms with Gasteiger partial charge >= 0.3 is 0 Å². The molecular formula is C26H26F2N6O. The molecule has 0 radical (unpaired) electrons. The lowest BCUT2D eigenvalue weighted by atomic mass is 10.0. The second-order valence-corrected chi connectivity index (χ2v) is 8.65. The van der Waals surface area contributed by atoms with Crippen LogP contribution in [-0.4, -0.2) is 30.6 Å². The third kappa shape index (κ3) is 5.92. The summed E-state index contributed by atoms with van der Waals surface area (Å²) in [7, 11) is 1.89. The van der Waals surface area contributed by atoms with Crippen molar-refractivity contribution in [2.45, 2.75) is 39.5 Å². The molecule has 0 unspecified atom stereocenters. The number of carbonyl (C=O) groups excluding carboxylic acids is 1. The number of hydrogen-bond donors (Lipinski definition) is 1. The van der Waals surface area contributed by atoms with Gasteiger partial charge in [0.2, 0.25) is 5.91 Å². The van der Waals surface area contributed by atoms with Crippen LogP contribution in [0.1, 0.15) is 40.8 Å². The van der Waals surface area contributed by atoms with Gasteiger partial charge in [0, 0.05) is 61.4 Å². The average molecular weight is 477 g/mol. The smallest absolute Gasteiger partial charge is 0.272 e. The monoisotopic (exact) mass is 476 g/mol. The van der Waals surface area contributed by atoms with Crippen molar-refractivity contribution >= 4 is 11.6 Å². The first-order valence-electron chi connectivity index (χ1n) is 11.1. The Morgan fingerprint density at radius 2 is 1.69 bits per heavy atom. The number of halogens is 2. The van der Waals surface area contributed by atoms with E-state index in [0.717, 1.165) is 34.9 Å². The van der Waals surface area contributed by atoms with Crippen LogP contribution in [0.15, 0.2) is 55.1 Å². The summed E-state index contributed by atoms with van der Waals surface area (Å²) in [4.78, 5) is 25.4. The van der Waals surface area contributed by atoms with E-state index in [1.807, 2.05) is 44.4 Å². The molecule has 0 aliphatic carbocycles. The summed E-state index contributed by atoms with van der Waals surface area (Å²) in [5.41, 5.74) is 4.90. The standard InChI is InChI=1S/C26H26F2N6O/c1-16-20(15-34(4)33-16)10-24-30-12-21(13-31-24)19-7-5-18(6-8-19)9-25(35)32-22-11-23(26(3,27)28)17(2)29-14-22/h5-8,11-15H,9-10H2,1-4H3,(H,32,35). The van der Waals surface area contributed by atoms with E-state index in [1.54, 1.807) is 17.1 Å². The number of amides is 1. The zero-order valence-corrected chi connectivity index (χ0v) is 20.0. The van der Waals surface area contributed by atoms with Crippen molar-refractivity contribution in [3.63, 3.8) is 0 Å². The number of hydrogen-bond acceptors (Lipinski definition) is 5. The number of alkyl halides is 2. The average Bonchev–Trinajstić information content (AvgIpc) is 3.12. The zero-order chi connectivity index (χ0) is 25.2. The lowest BCUT2D eigenvalue weighted by Crippen LogP contribution is -2.16. The van der Waals surface area contributed by atoms with Gasteiger partial charge in [-0.1, -0.05) is 24.3 Å². The van der Waals surface area contributed by atoms with Crippen LogP contribution in [0.4, 0.5) is 14.5 Å². The molecule has 0 saturated heterocycles. The number of aryl methyl sites for hydroxylation is 3. The van der Waals surface area contributed by atoms with Crippen LogP contribution in [0.25, 0.3) is 11.1 Å². The summed E-state index contributed by atoms with van der Waals surface area (Å²) in [6.07, 6.45) is 7.62. The van der Waals surface area contributed by atoms with Gasteiger partial charge in [0.15, 0.2) is 0 Å². The van der Waals surface area contributed by atoms with E-state index in [0.29, 0.717) is 12.2 Å². The minimum Gasteiger partial charge on any atom is -0.324 e. The molecule has 0 fully saturated rings. The fourth-order valence-electron chi connectivity index (χ4n) is 3.84. The fraction of sp³-hybridized carbons (Fsp3) is 0.269. The van der Waals surface area contributed by atoms with E-state index in [-0.39, 0.29) is 29.3 Å². The Hall–Kier alpha value is -4.01. The van der Waals surface area contributed by atoms with Crippen LogP contribution in [0.5, 0.6) is 0 Å². The summed E-state index contributed by atoms with van der Waals surface area (Å²) in [6, 6.07) is 8.76. The number of anilines is 1. The molecule has 0 saturated carbocycles. The Morgan fingerprint density at radius 1 is 1.00 bits per heavy atom. The van der Waals surface area contributed by atoms with Gasteiger partial charge < -0.3 is 5.32 Å². The summed E-state index contributed by atoms with van der Waals surface area (Å²) >= 11 is 0. The maximum Gasteiger partial charge on any atom is 0.272 e. The van der Waals surface area contributed by atoms with Crippen LogP contribution in [-0.2, 0) is 30.6 Å². The molecule has 1 aromatic carbocycles. The molecule has 3 aromatic heterocycles. The van der Waals surface area contributed by atoms with E-state index >= 15 is 0 Å². The Kier molecular flexibility index (Phi) is 6.68. The molecule has 180 valence electrons. The Balaban J connectivity index is 1.38. The van der Waals surface area contributed by atoms with Crippen LogP contribution >= 0.6 is 0 Å². The van der Waals surface area contributed by atoms with Gasteiger partial charge in [0.1, 0.15) is 5.82 Å². The van der Waals surface area contributed by atoms with Gasteiger partial charge in [0.25, 0.3) is 5.92 Å². The normalized spacial score (nSPS) is 11.5. The molecule has 0 bridgehead atoms. The second-order valence-electron chi connectivity index (χ2n) is 8.65. The van der Waals surface area contributed by atoms with E-state index in [4.69, 9.17) is 0 Å². The number of pyridine rings is 1. The minimum atomic E-state index is -3.03. The van der Waals surface area contributed by atoms with Crippen molar-refractivity contribution < 1.29 is 13.6 Å². The molecule has 0 aliphatic heterocycles. The number of aromatic nitrogens is 5. The van der Waals surface area contributed by atoms with Gasteiger partial charge in [-0.05, 0) is 31.0 Å². The van der Waals surface area contributed by atoms with Crippen molar-refractivity contribution in [2.24, 2.45) is 7.05 Å². The van der Waals surface area contributed by atoms with Crippen LogP contribution in [0.3, 0.4) is 0 Å². The van der Waals surface area contributed by atoms with Crippen molar-refractivity contribution in [3.05, 3.63) is 89.0 Å². The summed E-state index contributed by atoms with van der Waals surface area (Å²) in [5.74, 6) is -2.63. The van der Waals surface area contributed by atoms with E-state index in [9.17, 15) is 13.6 Å². The third-order valence-corrected chi connectivity index (χ3v) is 5.66. The molecule has 35 heavy (non-hydrogen) atoms. The first-order chi connectivity index (χ1) is 16.6. The van der Waals surface area contributed by atoms with E-state index in [1.165, 1.54) is 19.2 Å². The number of nitrogens with zero attached hydrogens (tertiary/aromatic N) is 5. The number of nitrogens with one attached hydrogen (secondary N) is 1. The molecule has 4 rings (SSSR count). The first-order valence-corrected chi connectivity index (χ1v) is 11.1. The first kappa shape index (κ1) is 24.1. The third-order valence-electron chi connectivity index (χ3n) is 5.66. The highest BCUT2D eigenvalue weighted by atomic mass is 19.3. The Bertz CT molecular complexity index is 1340. The lowest BCUT2D eigenvalue weighted by molar-refractivity contribution is -0.115. The maximum absolute atomic E-state index is 13.7. The number of benzene rings is 1. The van der Waals surface area contributed by atoms with Gasteiger partial charge in [-0.25, -0.2) is 18.7 Å². The molecule has 0 spiro atoms. The largest absolute Gasteiger partial charge is 0.324 e. The minimum absolute atomic E-state index is 0.103. The van der Waals surface area contributed by atoms with Crippen molar-refractivity contribution in [2.75, 3.05) is 5.32 Å². The molecule has 0 aliphatic rings. The molecule has 1 amide bonds. The molecular weight excluding hydrogens is 450 g/mol. The van der Waals surface area contributed by atoms with Crippen LogP contribution in [0.2, 0.25) is 0 Å². The van der Waals surface area contributed by atoms with Crippen LogP contribution in [0, 0.1) is 13.8 Å². The summed E-state index contributed by atoms with van der Waals surface area (Å²) in [5, 5.41) is 6.99. The molecule has 3 heterocycles. The van der Waals surface area contributed by atoms with Crippen molar-refractivity contribution in [1.82, 2.24) is 24.7 Å². The van der Waals surface area contributed by atoms with E-state index in [2.05, 4.69) is 25.4 Å². The topological polar surface area (TPSA) is 85.6 Å². The highest BCUT2D eigenvalue weighted by Gasteiger charge is 2.27. The molecule has 4 aromatic rings. The zero-order valence-electron chi connectivity index (χ0n) is 20.0. The van der Waals surface area contributed by atoms with Gasteiger partial charge in [-0.15, -0.1) is 0 Å². The Labute approximate surface area is 202 Å². The molecule has 0 atom stereocenters. The molecule has 9 heteroatoms. The van der Waals surface area contributed by atoms with E-state index < -0.39 is 5.92 Å². The second kappa shape index (κ2) is 9.69. The summed E-state index contributed by atoms with van der Waals surface area (Å²) < 4.78 is 29.2. The van der Waals surface area contributed by atoms with Crippen LogP contribution < -0.4 is 5.32 Å². The molecule has 1 N–H and O–H groups in total. The highest BCUT2D eigenvalue weighted by Crippen LogP contribution is 2.30. The summed E-state index contributed by atoms with van der Waals surface area (Å²) in [6.45, 7) is 4.29. The number of carbonyl (C=O) groups is 1. The van der Waals surface area contributed by atoms with Crippen molar-refractivity contribution in [1.29, 1.82) is 0 Å². The predicted octanol–water partition coefficient (Wildman–Crippen LogP) is 4.77. The maximum atomic E-state index is 13.7. The highest BCUT2D eigenvalue weighted by molar-refractivity contribution is 5.92. The predicted molar refractivity (Wildman–Crippen MR) is 129 cm³/mol. The lowest BCUT2D eigenvalue weighted by Gasteiger charge is -2.15. The SMILES string of the molecule is Cc1nn(C)cc1Cc1ncc(-c2ccc(CC(=O)Nc3cnc(C)c(C(C)(F)F)c3)cc2)cn1.